The van der Waals surface area contributed by atoms with Crippen LogP contribution in [-0.4, -0.2) is 4.98 Å². The highest BCUT2D eigenvalue weighted by Gasteiger charge is 2.08. The monoisotopic (exact) mass is 238 g/mol. The number of nitrogen functional groups attached to an aromatic ring is 1. The van der Waals surface area contributed by atoms with Crippen molar-refractivity contribution in [3.8, 4) is 11.3 Å². The summed E-state index contributed by atoms with van der Waals surface area (Å²) in [7, 11) is 0. The van der Waals surface area contributed by atoms with Gasteiger partial charge in [0.15, 0.2) is 11.0 Å². The van der Waals surface area contributed by atoms with Gasteiger partial charge < -0.3 is 10.2 Å². The summed E-state index contributed by atoms with van der Waals surface area (Å²) in [5.41, 5.74) is 7.41. The maximum atomic E-state index is 12.0. The maximum absolute atomic E-state index is 12.0. The van der Waals surface area contributed by atoms with E-state index in [1.54, 1.807) is 42.7 Å². The highest BCUT2D eigenvalue weighted by molar-refractivity contribution is 5.88. The van der Waals surface area contributed by atoms with Gasteiger partial charge >= 0.3 is 0 Å². The number of fused-ring (bicyclic) bond motifs is 1. The van der Waals surface area contributed by atoms with Gasteiger partial charge in [-0.2, -0.15) is 0 Å². The van der Waals surface area contributed by atoms with Crippen molar-refractivity contribution in [2.24, 2.45) is 0 Å². The summed E-state index contributed by atoms with van der Waals surface area (Å²) < 4.78 is 5.71. The van der Waals surface area contributed by atoms with Crippen molar-refractivity contribution < 1.29 is 4.42 Å². The largest absolute Gasteiger partial charge is 0.454 e. The average Bonchev–Trinajstić information content (AvgIpc) is 2.41. The molecule has 0 atom stereocenters. The third-order valence-electron chi connectivity index (χ3n) is 2.75. The first kappa shape index (κ1) is 10.5. The minimum atomic E-state index is -0.102. The summed E-state index contributed by atoms with van der Waals surface area (Å²) in [5.74, 6) is 0.493. The Hall–Kier alpha value is -2.62. The minimum absolute atomic E-state index is 0.102. The number of hydrogen-bond donors (Lipinski definition) is 1. The van der Waals surface area contributed by atoms with Crippen molar-refractivity contribution in [2.75, 3.05) is 5.73 Å². The SMILES string of the molecule is Nc1cccc2c(=O)cc(-c3ccncc3)oc12. The lowest BCUT2D eigenvalue weighted by atomic mass is 10.1. The van der Waals surface area contributed by atoms with Crippen molar-refractivity contribution in [3.05, 3.63) is 59.0 Å². The molecule has 3 aromatic rings. The Balaban J connectivity index is 2.34. The predicted molar refractivity (Wildman–Crippen MR) is 70.1 cm³/mol. The van der Waals surface area contributed by atoms with Crippen LogP contribution in [0.15, 0.2) is 58.0 Å². The van der Waals surface area contributed by atoms with Gasteiger partial charge in [0.1, 0.15) is 5.76 Å². The summed E-state index contributed by atoms with van der Waals surface area (Å²) in [6.45, 7) is 0. The molecule has 0 saturated carbocycles. The van der Waals surface area contributed by atoms with E-state index < -0.39 is 0 Å². The average molecular weight is 238 g/mol. The van der Waals surface area contributed by atoms with Gasteiger partial charge in [0, 0.05) is 24.0 Å². The van der Waals surface area contributed by atoms with Gasteiger partial charge in [0.2, 0.25) is 0 Å². The summed E-state index contributed by atoms with van der Waals surface area (Å²) >= 11 is 0. The van der Waals surface area contributed by atoms with Crippen molar-refractivity contribution >= 4 is 16.7 Å². The molecule has 2 heterocycles. The van der Waals surface area contributed by atoms with Crippen LogP contribution in [0.1, 0.15) is 0 Å². The number of pyridine rings is 1. The molecule has 0 aliphatic heterocycles. The van der Waals surface area contributed by atoms with Crippen LogP contribution in [0, 0.1) is 0 Å². The lowest BCUT2D eigenvalue weighted by molar-refractivity contribution is 0.620. The van der Waals surface area contributed by atoms with E-state index in [0.717, 1.165) is 5.56 Å². The second-order valence-corrected chi connectivity index (χ2v) is 3.93. The van der Waals surface area contributed by atoms with Gasteiger partial charge in [0.05, 0.1) is 11.1 Å². The van der Waals surface area contributed by atoms with E-state index in [1.807, 2.05) is 0 Å². The zero-order valence-corrected chi connectivity index (χ0v) is 9.46. The Morgan fingerprint density at radius 3 is 2.67 bits per heavy atom. The van der Waals surface area contributed by atoms with E-state index in [4.69, 9.17) is 10.2 Å². The van der Waals surface area contributed by atoms with E-state index >= 15 is 0 Å². The number of hydrogen-bond acceptors (Lipinski definition) is 4. The van der Waals surface area contributed by atoms with Crippen molar-refractivity contribution in [1.82, 2.24) is 4.98 Å². The standard InChI is InChI=1S/C14H10N2O2/c15-11-3-1-2-10-12(17)8-13(18-14(10)11)9-4-6-16-7-5-9/h1-8H,15H2. The maximum Gasteiger partial charge on any atom is 0.193 e. The molecule has 88 valence electrons. The molecule has 4 nitrogen and oxygen atoms in total. The fraction of sp³-hybridized carbons (Fsp3) is 0. The lowest BCUT2D eigenvalue weighted by Gasteiger charge is -2.04. The molecule has 0 saturated heterocycles. The van der Waals surface area contributed by atoms with Crippen LogP contribution >= 0.6 is 0 Å². The first-order valence-corrected chi connectivity index (χ1v) is 5.48. The molecule has 0 radical (unpaired) electrons. The predicted octanol–water partition coefficient (Wildman–Crippen LogP) is 2.44. The fourth-order valence-electron chi connectivity index (χ4n) is 1.86. The van der Waals surface area contributed by atoms with E-state index in [9.17, 15) is 4.79 Å². The number of anilines is 1. The highest BCUT2D eigenvalue weighted by atomic mass is 16.3. The van der Waals surface area contributed by atoms with Crippen LogP contribution in [0.2, 0.25) is 0 Å². The molecule has 1 aromatic carbocycles. The van der Waals surface area contributed by atoms with Crippen LogP contribution in [0.4, 0.5) is 5.69 Å². The molecule has 0 unspecified atom stereocenters. The lowest BCUT2D eigenvalue weighted by Crippen LogP contribution is -2.01. The third kappa shape index (κ3) is 1.64. The number of aromatic nitrogens is 1. The van der Waals surface area contributed by atoms with Crippen molar-refractivity contribution in [2.45, 2.75) is 0 Å². The van der Waals surface area contributed by atoms with E-state index in [1.165, 1.54) is 6.07 Å². The molecule has 0 fully saturated rings. The summed E-state index contributed by atoms with van der Waals surface area (Å²) in [6.07, 6.45) is 3.29. The van der Waals surface area contributed by atoms with Crippen LogP contribution in [0.5, 0.6) is 0 Å². The van der Waals surface area contributed by atoms with Gasteiger partial charge in [-0.15, -0.1) is 0 Å². The van der Waals surface area contributed by atoms with Crippen LogP contribution < -0.4 is 11.2 Å². The summed E-state index contributed by atoms with van der Waals surface area (Å²) in [5, 5.41) is 0.493. The molecule has 4 heteroatoms. The van der Waals surface area contributed by atoms with Crippen LogP contribution in [0.25, 0.3) is 22.3 Å². The van der Waals surface area contributed by atoms with Crippen LogP contribution in [0.3, 0.4) is 0 Å². The molecule has 0 aliphatic carbocycles. The van der Waals surface area contributed by atoms with Gasteiger partial charge in [-0.1, -0.05) is 6.07 Å². The summed E-state index contributed by atoms with van der Waals surface area (Å²) in [6, 6.07) is 10.2. The highest BCUT2D eigenvalue weighted by Crippen LogP contribution is 2.24. The quantitative estimate of drug-likeness (QED) is 0.661. The molecular formula is C14H10N2O2. The Morgan fingerprint density at radius 1 is 1.11 bits per heavy atom. The Labute approximate surface area is 103 Å². The van der Waals surface area contributed by atoms with Crippen molar-refractivity contribution in [3.63, 3.8) is 0 Å². The number of para-hydroxylation sites is 1. The molecule has 0 aliphatic rings. The molecule has 18 heavy (non-hydrogen) atoms. The minimum Gasteiger partial charge on any atom is -0.454 e. The molecular weight excluding hydrogens is 228 g/mol. The van der Waals surface area contributed by atoms with Gasteiger partial charge in [-0.05, 0) is 24.3 Å². The van der Waals surface area contributed by atoms with Crippen LogP contribution in [-0.2, 0) is 0 Å². The number of nitrogens with zero attached hydrogens (tertiary/aromatic N) is 1. The number of benzene rings is 1. The normalized spacial score (nSPS) is 10.7. The van der Waals surface area contributed by atoms with E-state index in [2.05, 4.69) is 4.98 Å². The first-order chi connectivity index (χ1) is 8.75. The second kappa shape index (κ2) is 4.00. The Kier molecular flexibility index (Phi) is 2.34. The topological polar surface area (TPSA) is 69.1 Å². The van der Waals surface area contributed by atoms with Crippen molar-refractivity contribution in [1.29, 1.82) is 0 Å². The zero-order chi connectivity index (χ0) is 12.5. The molecule has 3 rings (SSSR count). The number of rotatable bonds is 1. The number of nitrogens with two attached hydrogens (primary N) is 1. The van der Waals surface area contributed by atoms with E-state index in [-0.39, 0.29) is 5.43 Å². The van der Waals surface area contributed by atoms with Gasteiger partial charge in [-0.25, -0.2) is 0 Å². The molecule has 2 N–H and O–H groups in total. The molecule has 0 bridgehead atoms. The zero-order valence-electron chi connectivity index (χ0n) is 9.46. The van der Waals surface area contributed by atoms with Gasteiger partial charge in [-0.3, -0.25) is 9.78 Å². The smallest absolute Gasteiger partial charge is 0.193 e. The first-order valence-electron chi connectivity index (χ1n) is 5.48. The Morgan fingerprint density at radius 2 is 1.89 bits per heavy atom. The second-order valence-electron chi connectivity index (χ2n) is 3.93. The van der Waals surface area contributed by atoms with E-state index in [0.29, 0.717) is 22.4 Å². The fourth-order valence-corrected chi connectivity index (χ4v) is 1.86. The molecule has 0 spiro atoms. The molecule has 0 amide bonds. The summed E-state index contributed by atoms with van der Waals surface area (Å²) in [4.78, 5) is 15.9. The third-order valence-corrected chi connectivity index (χ3v) is 2.75. The van der Waals surface area contributed by atoms with Gasteiger partial charge in [0.25, 0.3) is 0 Å². The Bertz CT molecular complexity index is 764. The molecule has 2 aromatic heterocycles.